The number of carbonyl (C=O) groups is 1. The summed E-state index contributed by atoms with van der Waals surface area (Å²) in [6.07, 6.45) is -0.410. The molecule has 2 heterocycles. The lowest BCUT2D eigenvalue weighted by Crippen LogP contribution is -2.48. The second-order valence-corrected chi connectivity index (χ2v) is 7.89. The number of H-pyrrole nitrogens is 1. The number of aryl methyl sites for hydroxylation is 1. The average Bonchev–Trinajstić information content (AvgIpc) is 2.94. The second-order valence-electron chi connectivity index (χ2n) is 7.48. The van der Waals surface area contributed by atoms with Gasteiger partial charge in [-0.3, -0.25) is 4.90 Å². The third-order valence-corrected chi connectivity index (χ3v) is 4.59. The van der Waals surface area contributed by atoms with Gasteiger partial charge in [-0.15, -0.1) is 0 Å². The van der Waals surface area contributed by atoms with Crippen LogP contribution in [-0.4, -0.2) is 45.8 Å². The van der Waals surface area contributed by atoms with Crippen LogP contribution in [0.5, 0.6) is 0 Å². The van der Waals surface area contributed by atoms with Crippen molar-refractivity contribution in [3.63, 3.8) is 0 Å². The molecule has 1 aliphatic rings. The maximum absolute atomic E-state index is 12.7. The van der Waals surface area contributed by atoms with Gasteiger partial charge in [-0.2, -0.15) is 0 Å². The predicted octanol–water partition coefficient (Wildman–Crippen LogP) is 4.22. The highest BCUT2D eigenvalue weighted by Gasteiger charge is 2.36. The summed E-state index contributed by atoms with van der Waals surface area (Å²) in [6, 6.07) is 3.38. The SMILES string of the molecule is Cc1c(Cl)ccc2nc([C@H]3CO[C@H](C)CN3C(=O)OC(C)(C)C)[nH]c12. The number of nitrogens with zero attached hydrogens (tertiary/aromatic N) is 2. The molecule has 25 heavy (non-hydrogen) atoms. The van der Waals surface area contributed by atoms with E-state index in [0.717, 1.165) is 16.6 Å². The molecule has 1 fully saturated rings. The zero-order valence-electron chi connectivity index (χ0n) is 15.2. The normalized spacial score (nSPS) is 21.6. The highest BCUT2D eigenvalue weighted by atomic mass is 35.5. The number of imidazole rings is 1. The summed E-state index contributed by atoms with van der Waals surface area (Å²) in [5, 5.41) is 0.681. The van der Waals surface area contributed by atoms with Crippen molar-refractivity contribution < 1.29 is 14.3 Å². The highest BCUT2D eigenvalue weighted by Crippen LogP contribution is 2.30. The van der Waals surface area contributed by atoms with Crippen LogP contribution in [0.15, 0.2) is 12.1 Å². The Kier molecular flexibility index (Phi) is 4.68. The maximum Gasteiger partial charge on any atom is 0.411 e. The fourth-order valence-electron chi connectivity index (χ4n) is 2.92. The molecule has 1 aliphatic heterocycles. The van der Waals surface area contributed by atoms with E-state index in [1.165, 1.54) is 0 Å². The molecule has 0 radical (unpaired) electrons. The van der Waals surface area contributed by atoms with Crippen LogP contribution in [0, 0.1) is 6.92 Å². The van der Waals surface area contributed by atoms with Crippen molar-refractivity contribution in [1.82, 2.24) is 14.9 Å². The second kappa shape index (κ2) is 6.50. The van der Waals surface area contributed by atoms with Gasteiger partial charge in [0.15, 0.2) is 0 Å². The number of rotatable bonds is 1. The molecule has 0 saturated carbocycles. The number of aromatic nitrogens is 2. The van der Waals surface area contributed by atoms with Gasteiger partial charge >= 0.3 is 6.09 Å². The first-order valence-corrected chi connectivity index (χ1v) is 8.79. The van der Waals surface area contributed by atoms with Crippen molar-refractivity contribution in [2.45, 2.75) is 52.4 Å². The van der Waals surface area contributed by atoms with E-state index in [1.54, 1.807) is 4.90 Å². The Hall–Kier alpha value is -1.79. The van der Waals surface area contributed by atoms with E-state index in [0.29, 0.717) is 24.0 Å². The summed E-state index contributed by atoms with van der Waals surface area (Å²) in [5.74, 6) is 0.679. The highest BCUT2D eigenvalue weighted by molar-refractivity contribution is 6.32. The van der Waals surface area contributed by atoms with Crippen molar-refractivity contribution in [2.75, 3.05) is 13.2 Å². The van der Waals surface area contributed by atoms with Gasteiger partial charge in [-0.1, -0.05) is 11.6 Å². The first-order valence-electron chi connectivity index (χ1n) is 8.41. The van der Waals surface area contributed by atoms with Crippen molar-refractivity contribution in [2.24, 2.45) is 0 Å². The Morgan fingerprint density at radius 1 is 1.44 bits per heavy atom. The minimum absolute atomic E-state index is 0.0515. The fourth-order valence-corrected chi connectivity index (χ4v) is 3.08. The quantitative estimate of drug-likeness (QED) is 0.821. The Balaban J connectivity index is 1.95. The maximum atomic E-state index is 12.7. The molecular formula is C18H24ClN3O3. The molecule has 0 unspecified atom stereocenters. The van der Waals surface area contributed by atoms with Crippen molar-refractivity contribution >= 4 is 28.7 Å². The molecule has 0 spiro atoms. The zero-order valence-corrected chi connectivity index (χ0v) is 16.0. The molecule has 1 aromatic carbocycles. The lowest BCUT2D eigenvalue weighted by Gasteiger charge is -2.38. The number of carbonyl (C=O) groups excluding carboxylic acids is 1. The monoisotopic (exact) mass is 365 g/mol. The Bertz CT molecular complexity index is 797. The minimum atomic E-state index is -0.554. The smallest absolute Gasteiger partial charge is 0.411 e. The van der Waals surface area contributed by atoms with E-state index < -0.39 is 5.60 Å². The molecule has 7 heteroatoms. The van der Waals surface area contributed by atoms with Crippen molar-refractivity contribution in [1.29, 1.82) is 0 Å². The van der Waals surface area contributed by atoms with Crippen LogP contribution in [0.25, 0.3) is 11.0 Å². The number of benzene rings is 1. The van der Waals surface area contributed by atoms with Gasteiger partial charge in [-0.25, -0.2) is 9.78 Å². The van der Waals surface area contributed by atoms with Crippen LogP contribution in [-0.2, 0) is 9.47 Å². The number of hydrogen-bond donors (Lipinski definition) is 1. The molecule has 6 nitrogen and oxygen atoms in total. The van der Waals surface area contributed by atoms with Crippen LogP contribution >= 0.6 is 11.6 Å². The molecule has 0 aliphatic carbocycles. The lowest BCUT2D eigenvalue weighted by atomic mass is 10.1. The van der Waals surface area contributed by atoms with Crippen molar-refractivity contribution in [3.05, 3.63) is 28.5 Å². The summed E-state index contributed by atoms with van der Waals surface area (Å²) in [5.41, 5.74) is 2.08. The molecule has 1 saturated heterocycles. The summed E-state index contributed by atoms with van der Waals surface area (Å²) in [4.78, 5) is 22.3. The van der Waals surface area contributed by atoms with E-state index in [1.807, 2.05) is 46.8 Å². The third kappa shape index (κ3) is 3.75. The number of hydrogen-bond acceptors (Lipinski definition) is 4. The van der Waals surface area contributed by atoms with Gasteiger partial charge in [0.05, 0.1) is 30.3 Å². The zero-order chi connectivity index (χ0) is 18.4. The molecule has 1 N–H and O–H groups in total. The van der Waals surface area contributed by atoms with Gasteiger partial charge in [-0.05, 0) is 52.3 Å². The van der Waals surface area contributed by atoms with Gasteiger partial charge in [0.25, 0.3) is 0 Å². The predicted molar refractivity (Wildman–Crippen MR) is 96.9 cm³/mol. The Morgan fingerprint density at radius 3 is 2.84 bits per heavy atom. The number of fused-ring (bicyclic) bond motifs is 1. The van der Waals surface area contributed by atoms with E-state index in [-0.39, 0.29) is 18.2 Å². The standard InChI is InChI=1S/C18H24ClN3O3/c1-10-8-22(17(23)25-18(3,4)5)14(9-24-10)16-20-13-7-6-12(19)11(2)15(13)21-16/h6-7,10,14H,8-9H2,1-5H3,(H,20,21)/t10-,14-/m1/s1. The van der Waals surface area contributed by atoms with Crippen LogP contribution in [0.3, 0.4) is 0 Å². The number of amides is 1. The summed E-state index contributed by atoms with van der Waals surface area (Å²) in [7, 11) is 0. The Morgan fingerprint density at radius 2 is 2.16 bits per heavy atom. The molecule has 2 atom stereocenters. The minimum Gasteiger partial charge on any atom is -0.444 e. The number of morpholine rings is 1. The molecule has 1 aromatic heterocycles. The molecule has 136 valence electrons. The van der Waals surface area contributed by atoms with Gasteiger partial charge in [0.1, 0.15) is 17.5 Å². The molecule has 1 amide bonds. The first-order chi connectivity index (χ1) is 11.7. The van der Waals surface area contributed by atoms with Crippen LogP contribution < -0.4 is 0 Å². The van der Waals surface area contributed by atoms with Crippen LogP contribution in [0.4, 0.5) is 4.79 Å². The number of ether oxygens (including phenoxy) is 2. The average molecular weight is 366 g/mol. The summed E-state index contributed by atoms with van der Waals surface area (Å²) in [6.45, 7) is 10.3. The molecular weight excluding hydrogens is 342 g/mol. The van der Waals surface area contributed by atoms with Gasteiger partial charge in [0.2, 0.25) is 0 Å². The number of aromatic amines is 1. The molecule has 3 rings (SSSR count). The van der Waals surface area contributed by atoms with Crippen molar-refractivity contribution in [3.8, 4) is 0 Å². The lowest BCUT2D eigenvalue weighted by molar-refractivity contribution is -0.0661. The topological polar surface area (TPSA) is 67.4 Å². The largest absolute Gasteiger partial charge is 0.444 e. The molecule has 0 bridgehead atoms. The number of halogens is 1. The van der Waals surface area contributed by atoms with E-state index in [9.17, 15) is 4.79 Å². The van der Waals surface area contributed by atoms with E-state index >= 15 is 0 Å². The van der Waals surface area contributed by atoms with Crippen LogP contribution in [0.2, 0.25) is 5.02 Å². The molecule has 2 aromatic rings. The van der Waals surface area contributed by atoms with Gasteiger partial charge < -0.3 is 14.5 Å². The third-order valence-electron chi connectivity index (χ3n) is 4.18. The Labute approximate surface area is 152 Å². The van der Waals surface area contributed by atoms with E-state index in [2.05, 4.69) is 9.97 Å². The van der Waals surface area contributed by atoms with Crippen LogP contribution in [0.1, 0.15) is 45.1 Å². The summed E-state index contributed by atoms with van der Waals surface area (Å²) < 4.78 is 11.3. The van der Waals surface area contributed by atoms with Gasteiger partial charge in [0, 0.05) is 5.02 Å². The number of nitrogens with one attached hydrogen (secondary N) is 1. The fraction of sp³-hybridized carbons (Fsp3) is 0.556. The van der Waals surface area contributed by atoms with E-state index in [4.69, 9.17) is 21.1 Å². The first kappa shape index (κ1) is 18.0. The summed E-state index contributed by atoms with van der Waals surface area (Å²) >= 11 is 6.20.